The summed E-state index contributed by atoms with van der Waals surface area (Å²) >= 11 is 0. The standard InChI is InChI=1S/C25H30NO3.C4H11N5.ClH/c27-24(25(28,19-9-3-1-4-10-19)20-11-5-2-6-12-20)29-23-17-21-13-14-22(18-23)26(21)15-7-8-16-26;1-9(2)4(7)8-3(5)6;/h1-6,9-12,21-23,28H,7-8,13-18H2;1-2H3,(H5,5,6,7,8);1H/q+1;;/p-1/t21-,22+,23?;;. The predicted molar refractivity (Wildman–Crippen MR) is 148 cm³/mol. The Bertz CT molecular complexity index is 1080. The Morgan fingerprint density at radius 1 is 0.974 bits per heavy atom. The number of quaternary nitrogens is 1. The number of hydrogen-bond acceptors (Lipinski definition) is 4. The predicted octanol–water partition coefficient (Wildman–Crippen LogP) is -0.470. The lowest BCUT2D eigenvalue weighted by atomic mass is 9.86. The van der Waals surface area contributed by atoms with Gasteiger partial charge in [0.2, 0.25) is 11.6 Å². The zero-order valence-corrected chi connectivity index (χ0v) is 23.6. The largest absolute Gasteiger partial charge is 1.00 e. The smallest absolute Gasteiger partial charge is 0.347 e. The van der Waals surface area contributed by atoms with Gasteiger partial charge in [0.15, 0.2) is 5.96 Å². The van der Waals surface area contributed by atoms with Crippen molar-refractivity contribution in [2.75, 3.05) is 27.2 Å². The van der Waals surface area contributed by atoms with Crippen LogP contribution in [0.2, 0.25) is 0 Å². The third-order valence-electron chi connectivity index (χ3n) is 8.37. The summed E-state index contributed by atoms with van der Waals surface area (Å²) < 4.78 is 7.32. The van der Waals surface area contributed by atoms with Crippen molar-refractivity contribution in [2.45, 2.75) is 62.3 Å². The molecule has 2 aromatic carbocycles. The molecule has 3 heterocycles. The Balaban J connectivity index is 0.000000366. The van der Waals surface area contributed by atoms with E-state index in [0.717, 1.165) is 12.8 Å². The second-order valence-corrected chi connectivity index (χ2v) is 10.8. The molecule has 10 heteroatoms. The molecule has 0 aromatic heterocycles. The molecule has 3 aliphatic heterocycles. The second kappa shape index (κ2) is 12.8. The summed E-state index contributed by atoms with van der Waals surface area (Å²) in [4.78, 5) is 18.4. The molecular weight excluding hydrogens is 516 g/mol. The number of ether oxygens (including phenoxy) is 1. The third-order valence-corrected chi connectivity index (χ3v) is 8.37. The number of rotatable bonds is 4. The molecular formula is C29H41ClN6O3. The van der Waals surface area contributed by atoms with E-state index in [0.29, 0.717) is 23.2 Å². The summed E-state index contributed by atoms with van der Waals surface area (Å²) in [6.07, 6.45) is 6.94. The Kier molecular flexibility index (Phi) is 9.98. The summed E-state index contributed by atoms with van der Waals surface area (Å²) in [5, 5.41) is 18.7. The van der Waals surface area contributed by atoms with Gasteiger partial charge in [0, 0.05) is 52.6 Å². The highest BCUT2D eigenvalue weighted by Crippen LogP contribution is 2.46. The van der Waals surface area contributed by atoms with Crippen LogP contribution in [0.25, 0.3) is 0 Å². The number of nitrogens with one attached hydrogen (secondary N) is 1. The Morgan fingerprint density at radius 2 is 1.44 bits per heavy atom. The van der Waals surface area contributed by atoms with Gasteiger partial charge in [-0.15, -0.1) is 0 Å². The van der Waals surface area contributed by atoms with Crippen molar-refractivity contribution in [3.63, 3.8) is 0 Å². The lowest BCUT2D eigenvalue weighted by Gasteiger charge is -2.47. The van der Waals surface area contributed by atoms with Gasteiger partial charge in [-0.3, -0.25) is 5.41 Å². The topological polar surface area (TPSA) is 138 Å². The van der Waals surface area contributed by atoms with Crippen molar-refractivity contribution >= 4 is 17.9 Å². The van der Waals surface area contributed by atoms with E-state index in [1.165, 1.54) is 48.2 Å². The minimum atomic E-state index is -1.78. The maximum atomic E-state index is 13.4. The summed E-state index contributed by atoms with van der Waals surface area (Å²) in [5.41, 5.74) is 9.31. The zero-order valence-electron chi connectivity index (χ0n) is 22.8. The lowest BCUT2D eigenvalue weighted by Crippen LogP contribution is -3.00. The molecule has 5 rings (SSSR count). The second-order valence-electron chi connectivity index (χ2n) is 10.8. The van der Waals surface area contributed by atoms with E-state index in [9.17, 15) is 9.90 Å². The van der Waals surface area contributed by atoms with Crippen molar-refractivity contribution in [3.8, 4) is 0 Å². The molecule has 3 saturated heterocycles. The Labute approximate surface area is 237 Å². The lowest BCUT2D eigenvalue weighted by molar-refractivity contribution is -0.956. The molecule has 1 unspecified atom stereocenters. The molecule has 6 N–H and O–H groups in total. The Hall–Kier alpha value is -3.14. The van der Waals surface area contributed by atoms with E-state index < -0.39 is 11.6 Å². The Morgan fingerprint density at radius 3 is 1.82 bits per heavy atom. The fourth-order valence-electron chi connectivity index (χ4n) is 6.53. The van der Waals surface area contributed by atoms with Crippen molar-refractivity contribution in [1.82, 2.24) is 4.90 Å². The number of aliphatic imine (C=N–C) groups is 1. The van der Waals surface area contributed by atoms with E-state index >= 15 is 0 Å². The first-order valence-electron chi connectivity index (χ1n) is 13.4. The van der Waals surface area contributed by atoms with Crippen LogP contribution >= 0.6 is 0 Å². The van der Waals surface area contributed by atoms with Crippen LogP contribution in [0, 0.1) is 5.41 Å². The van der Waals surface area contributed by atoms with Gasteiger partial charge in [0.1, 0.15) is 6.10 Å². The monoisotopic (exact) mass is 556 g/mol. The molecule has 9 nitrogen and oxygen atoms in total. The van der Waals surface area contributed by atoms with Gasteiger partial charge in [-0.05, 0) is 11.1 Å². The van der Waals surface area contributed by atoms with E-state index in [2.05, 4.69) is 4.99 Å². The molecule has 0 aliphatic carbocycles. The zero-order chi connectivity index (χ0) is 27.3. The number of piperidine rings is 1. The average molecular weight is 557 g/mol. The van der Waals surface area contributed by atoms with Crippen LogP contribution in [0.5, 0.6) is 0 Å². The number of carbonyl (C=O) groups excluding carboxylic acids is 1. The van der Waals surface area contributed by atoms with Crippen LogP contribution < -0.4 is 23.9 Å². The third kappa shape index (κ3) is 6.37. The molecule has 39 heavy (non-hydrogen) atoms. The number of guanidine groups is 2. The van der Waals surface area contributed by atoms with Crippen molar-refractivity contribution in [2.24, 2.45) is 16.5 Å². The van der Waals surface area contributed by atoms with Crippen LogP contribution in [-0.4, -0.2) is 77.8 Å². The number of benzene rings is 2. The number of halogens is 1. The number of aliphatic hydroxyl groups is 1. The van der Waals surface area contributed by atoms with Crippen LogP contribution in [0.3, 0.4) is 0 Å². The molecule has 3 aliphatic rings. The van der Waals surface area contributed by atoms with Crippen LogP contribution in [-0.2, 0) is 15.1 Å². The normalized spacial score (nSPS) is 22.6. The fraction of sp³-hybridized carbons (Fsp3) is 0.483. The minimum Gasteiger partial charge on any atom is -1.00 e. The molecule has 0 radical (unpaired) electrons. The van der Waals surface area contributed by atoms with Crippen LogP contribution in [0.1, 0.15) is 49.7 Å². The quantitative estimate of drug-likeness (QED) is 0.174. The maximum Gasteiger partial charge on any atom is 0.347 e. The van der Waals surface area contributed by atoms with E-state index in [1.54, 1.807) is 38.4 Å². The number of carbonyl (C=O) groups is 1. The summed E-state index contributed by atoms with van der Waals surface area (Å²) in [7, 11) is 3.38. The maximum absolute atomic E-state index is 13.4. The number of nitrogens with zero attached hydrogens (tertiary/aromatic N) is 3. The SMILES string of the molecule is CN(C)C(=N)N=C(N)N.O=C(OC1C[C@H]2CC[C@@H](C1)[N+]21CCCC1)C(O)(c1ccccc1)c1ccccc1.[Cl-]. The summed E-state index contributed by atoms with van der Waals surface area (Å²) in [5.74, 6) is -0.585. The highest BCUT2D eigenvalue weighted by Gasteiger charge is 2.56. The van der Waals surface area contributed by atoms with Gasteiger partial charge < -0.3 is 43.1 Å². The van der Waals surface area contributed by atoms with Crippen LogP contribution in [0.4, 0.5) is 0 Å². The number of nitrogens with two attached hydrogens (primary N) is 2. The highest BCUT2D eigenvalue weighted by atomic mass is 35.5. The minimum absolute atomic E-state index is 0. The first kappa shape index (κ1) is 30.4. The highest BCUT2D eigenvalue weighted by molar-refractivity contribution is 5.91. The van der Waals surface area contributed by atoms with Gasteiger partial charge in [-0.2, -0.15) is 4.99 Å². The van der Waals surface area contributed by atoms with Gasteiger partial charge in [-0.25, -0.2) is 4.79 Å². The van der Waals surface area contributed by atoms with Gasteiger partial charge in [0.05, 0.1) is 25.2 Å². The van der Waals surface area contributed by atoms with E-state index in [-0.39, 0.29) is 30.4 Å². The van der Waals surface area contributed by atoms with E-state index in [4.69, 9.17) is 21.6 Å². The summed E-state index contributed by atoms with van der Waals surface area (Å²) in [6.45, 7) is 2.60. The molecule has 2 bridgehead atoms. The van der Waals surface area contributed by atoms with E-state index in [1.807, 2.05) is 36.4 Å². The molecule has 3 atom stereocenters. The van der Waals surface area contributed by atoms with Gasteiger partial charge in [0.25, 0.3) is 0 Å². The van der Waals surface area contributed by atoms with Crippen molar-refractivity contribution in [3.05, 3.63) is 71.8 Å². The van der Waals surface area contributed by atoms with Gasteiger partial charge in [-0.1, -0.05) is 60.7 Å². The average Bonchev–Trinajstić information content (AvgIpc) is 3.45. The first-order chi connectivity index (χ1) is 18.2. The van der Waals surface area contributed by atoms with Gasteiger partial charge >= 0.3 is 5.97 Å². The molecule has 1 spiro atoms. The fourth-order valence-corrected chi connectivity index (χ4v) is 6.53. The number of esters is 1. The summed E-state index contributed by atoms with van der Waals surface area (Å²) in [6, 6.07) is 19.6. The molecule has 212 valence electrons. The van der Waals surface area contributed by atoms with Crippen molar-refractivity contribution in [1.29, 1.82) is 5.41 Å². The van der Waals surface area contributed by atoms with Crippen LogP contribution in [0.15, 0.2) is 65.7 Å². The van der Waals surface area contributed by atoms with Crippen molar-refractivity contribution < 1.29 is 31.5 Å². The molecule has 3 fully saturated rings. The number of hydrogen-bond donors (Lipinski definition) is 4. The first-order valence-corrected chi connectivity index (χ1v) is 13.4. The molecule has 0 amide bonds. The molecule has 0 saturated carbocycles. The molecule has 2 aromatic rings.